The molecular formula is C30H31FN3O8P. The molecule has 2 N–H and O–H groups in total. The number of esters is 1. The Labute approximate surface area is 246 Å². The number of fused-ring (bicyclic) bond motifs is 1. The first-order valence-electron chi connectivity index (χ1n) is 13.7. The third-order valence-corrected chi connectivity index (χ3v) is 8.71. The van der Waals surface area contributed by atoms with E-state index < -0.39 is 49.2 Å². The molecule has 1 fully saturated rings. The van der Waals surface area contributed by atoms with Crippen LogP contribution in [0.25, 0.3) is 10.8 Å². The fraction of sp³-hybridized carbons (Fsp3) is 0.300. The minimum atomic E-state index is -4.25. The standard InChI is InChI=1S/C30H31FN3O8P/c1-19-15-27(34-16-24(31)28(35)32-30(34)37)41-26(19)18-40-43(38,42-25-14-8-12-22-11-6-7-13-23(22)25)33-20(2)29(36)39-17-21-9-4-3-5-10-21/h3-14,16,19-20,26-27H,15,17-18H2,1-2H3,(H,33,38)(H,32,35,37)/t19?,20-,26+,27+,43?/m0/s1. The minimum Gasteiger partial charge on any atom is -0.460 e. The van der Waals surface area contributed by atoms with Gasteiger partial charge in [-0.3, -0.25) is 23.7 Å². The van der Waals surface area contributed by atoms with Crippen LogP contribution in [0.3, 0.4) is 0 Å². The number of nitrogens with one attached hydrogen (secondary N) is 2. The quantitative estimate of drug-likeness (QED) is 0.183. The Morgan fingerprint density at radius 2 is 1.84 bits per heavy atom. The van der Waals surface area contributed by atoms with Crippen LogP contribution in [0, 0.1) is 11.7 Å². The van der Waals surface area contributed by atoms with E-state index in [1.807, 2.05) is 66.5 Å². The maximum Gasteiger partial charge on any atom is 0.459 e. The number of H-pyrrole nitrogens is 1. The normalized spacial score (nSPS) is 20.4. The molecule has 11 nitrogen and oxygen atoms in total. The number of aromatic nitrogens is 2. The first kappa shape index (κ1) is 30.4. The van der Waals surface area contributed by atoms with Gasteiger partial charge in [0.05, 0.1) is 18.9 Å². The van der Waals surface area contributed by atoms with Gasteiger partial charge in [-0.2, -0.15) is 9.48 Å². The van der Waals surface area contributed by atoms with E-state index in [9.17, 15) is 23.3 Å². The predicted octanol–water partition coefficient (Wildman–Crippen LogP) is 4.68. The third-order valence-electron chi connectivity index (χ3n) is 7.08. The second-order valence-electron chi connectivity index (χ2n) is 10.3. The van der Waals surface area contributed by atoms with Gasteiger partial charge >= 0.3 is 19.4 Å². The summed E-state index contributed by atoms with van der Waals surface area (Å²) < 4.78 is 52.2. The summed E-state index contributed by atoms with van der Waals surface area (Å²) in [5, 5.41) is 4.21. The van der Waals surface area contributed by atoms with Crippen molar-refractivity contribution in [3.8, 4) is 5.75 Å². The summed E-state index contributed by atoms with van der Waals surface area (Å²) in [6, 6.07) is 20.7. The van der Waals surface area contributed by atoms with E-state index in [2.05, 4.69) is 5.09 Å². The molecule has 1 aliphatic heterocycles. The van der Waals surface area contributed by atoms with Crippen LogP contribution < -0.4 is 20.9 Å². The topological polar surface area (TPSA) is 138 Å². The smallest absolute Gasteiger partial charge is 0.459 e. The molecule has 0 amide bonds. The van der Waals surface area contributed by atoms with Crippen molar-refractivity contribution in [1.29, 1.82) is 0 Å². The molecule has 2 unspecified atom stereocenters. The van der Waals surface area contributed by atoms with Gasteiger partial charge in [-0.25, -0.2) is 9.36 Å². The van der Waals surface area contributed by atoms with Crippen LogP contribution in [0.5, 0.6) is 5.75 Å². The molecule has 1 aromatic heterocycles. The summed E-state index contributed by atoms with van der Waals surface area (Å²) in [5.41, 5.74) is -1.15. The zero-order valence-electron chi connectivity index (χ0n) is 23.5. The van der Waals surface area contributed by atoms with Crippen molar-refractivity contribution >= 4 is 24.5 Å². The van der Waals surface area contributed by atoms with Gasteiger partial charge in [0.1, 0.15) is 24.6 Å². The SMILES string of the molecule is CC1C[C@H](n2cc(F)c(=O)[nH]c2=O)O[C@@H]1COP(=O)(N[C@@H](C)C(=O)OCc1ccccc1)Oc1cccc2ccccc12. The maximum atomic E-state index is 14.2. The van der Waals surface area contributed by atoms with E-state index in [1.54, 1.807) is 18.2 Å². The Morgan fingerprint density at radius 1 is 1.12 bits per heavy atom. The van der Waals surface area contributed by atoms with Gasteiger partial charge in [0.2, 0.25) is 5.82 Å². The van der Waals surface area contributed by atoms with Crippen LogP contribution in [0.2, 0.25) is 0 Å². The monoisotopic (exact) mass is 611 g/mol. The third kappa shape index (κ3) is 7.29. The fourth-order valence-electron chi connectivity index (χ4n) is 4.73. The van der Waals surface area contributed by atoms with E-state index in [-0.39, 0.29) is 24.9 Å². The molecule has 5 atom stereocenters. The van der Waals surface area contributed by atoms with E-state index in [0.717, 1.165) is 21.7 Å². The number of hydrogen-bond acceptors (Lipinski definition) is 8. The highest BCUT2D eigenvalue weighted by molar-refractivity contribution is 7.52. The number of ether oxygens (including phenoxy) is 2. The number of nitrogens with zero attached hydrogens (tertiary/aromatic N) is 1. The van der Waals surface area contributed by atoms with Gasteiger partial charge in [-0.05, 0) is 36.3 Å². The van der Waals surface area contributed by atoms with E-state index in [4.69, 9.17) is 18.5 Å². The molecule has 3 aromatic carbocycles. The van der Waals surface area contributed by atoms with Gasteiger partial charge in [-0.15, -0.1) is 0 Å². The van der Waals surface area contributed by atoms with Crippen LogP contribution in [0.1, 0.15) is 32.1 Å². The first-order valence-corrected chi connectivity index (χ1v) is 15.2. The van der Waals surface area contributed by atoms with E-state index >= 15 is 0 Å². The van der Waals surface area contributed by atoms with Gasteiger partial charge < -0.3 is 14.0 Å². The maximum absolute atomic E-state index is 14.2. The summed E-state index contributed by atoms with van der Waals surface area (Å²) in [5.74, 6) is -1.74. The highest BCUT2D eigenvalue weighted by atomic mass is 31.2. The summed E-state index contributed by atoms with van der Waals surface area (Å²) >= 11 is 0. The Kier molecular flexibility index (Phi) is 9.22. The van der Waals surface area contributed by atoms with Crippen molar-refractivity contribution < 1.29 is 32.3 Å². The predicted molar refractivity (Wildman–Crippen MR) is 156 cm³/mol. The second kappa shape index (κ2) is 13.0. The molecule has 4 aromatic rings. The van der Waals surface area contributed by atoms with Gasteiger partial charge in [0.25, 0.3) is 5.56 Å². The van der Waals surface area contributed by atoms with Crippen molar-refractivity contribution in [1.82, 2.24) is 14.6 Å². The van der Waals surface area contributed by atoms with Crippen molar-refractivity contribution in [3.63, 3.8) is 0 Å². The van der Waals surface area contributed by atoms with Gasteiger partial charge in [0, 0.05) is 5.39 Å². The summed E-state index contributed by atoms with van der Waals surface area (Å²) in [7, 11) is -4.25. The Bertz CT molecular complexity index is 1760. The molecule has 2 heterocycles. The molecule has 0 spiro atoms. The van der Waals surface area contributed by atoms with Crippen molar-refractivity contribution in [2.45, 2.75) is 45.2 Å². The van der Waals surface area contributed by atoms with Crippen LogP contribution in [-0.4, -0.2) is 34.3 Å². The summed E-state index contributed by atoms with van der Waals surface area (Å²) in [6.07, 6.45) is -0.483. The summed E-state index contributed by atoms with van der Waals surface area (Å²) in [6.45, 7) is 3.09. The Balaban J connectivity index is 1.33. The molecule has 13 heteroatoms. The lowest BCUT2D eigenvalue weighted by molar-refractivity contribution is -0.146. The lowest BCUT2D eigenvalue weighted by Gasteiger charge is -2.25. The average molecular weight is 612 g/mol. The molecule has 43 heavy (non-hydrogen) atoms. The van der Waals surface area contributed by atoms with Crippen molar-refractivity contribution in [3.05, 3.63) is 111 Å². The molecule has 0 bridgehead atoms. The lowest BCUT2D eigenvalue weighted by Crippen LogP contribution is -2.36. The first-order chi connectivity index (χ1) is 20.6. The van der Waals surface area contributed by atoms with E-state index in [1.165, 1.54) is 6.92 Å². The average Bonchev–Trinajstić information content (AvgIpc) is 3.37. The van der Waals surface area contributed by atoms with Gasteiger partial charge in [0.15, 0.2) is 0 Å². The Hall–Kier alpha value is -4.09. The summed E-state index contributed by atoms with van der Waals surface area (Å²) in [4.78, 5) is 38.4. The lowest BCUT2D eigenvalue weighted by atomic mass is 10.0. The Morgan fingerprint density at radius 3 is 2.63 bits per heavy atom. The zero-order valence-corrected chi connectivity index (χ0v) is 24.4. The van der Waals surface area contributed by atoms with Crippen molar-refractivity contribution in [2.24, 2.45) is 5.92 Å². The number of halogens is 1. The number of aromatic amines is 1. The molecule has 1 saturated heterocycles. The number of carbonyl (C=O) groups excluding carboxylic acids is 1. The zero-order chi connectivity index (χ0) is 30.6. The fourth-order valence-corrected chi connectivity index (χ4v) is 6.25. The highest BCUT2D eigenvalue weighted by Crippen LogP contribution is 2.48. The minimum absolute atomic E-state index is 0.0283. The van der Waals surface area contributed by atoms with Crippen LogP contribution in [0.15, 0.2) is 88.6 Å². The molecule has 0 saturated carbocycles. The molecule has 226 valence electrons. The van der Waals surface area contributed by atoms with E-state index in [0.29, 0.717) is 11.8 Å². The highest BCUT2D eigenvalue weighted by Gasteiger charge is 2.39. The molecular weight excluding hydrogens is 580 g/mol. The number of hydrogen-bond donors (Lipinski definition) is 2. The number of carbonyl (C=O) groups is 1. The van der Waals surface area contributed by atoms with Crippen LogP contribution in [-0.2, 0) is 30.0 Å². The van der Waals surface area contributed by atoms with Gasteiger partial charge in [-0.1, -0.05) is 73.7 Å². The largest absolute Gasteiger partial charge is 0.460 e. The number of benzene rings is 3. The van der Waals surface area contributed by atoms with Crippen molar-refractivity contribution in [2.75, 3.05) is 6.61 Å². The van der Waals surface area contributed by atoms with Crippen LogP contribution >= 0.6 is 7.75 Å². The molecule has 5 rings (SSSR count). The molecule has 1 aliphatic rings. The molecule has 0 radical (unpaired) electrons. The number of rotatable bonds is 11. The molecule has 0 aliphatic carbocycles. The van der Waals surface area contributed by atoms with Crippen LogP contribution in [0.4, 0.5) is 4.39 Å². The second-order valence-corrected chi connectivity index (χ2v) is 12.0.